The molecule has 0 amide bonds. The topological polar surface area (TPSA) is 16.1 Å². The zero-order chi connectivity index (χ0) is 20.1. The summed E-state index contributed by atoms with van der Waals surface area (Å²) in [6, 6.07) is 23.0. The van der Waals surface area contributed by atoms with Crippen LogP contribution < -0.4 is 0 Å². The molecular weight excluding hydrogens is 391 g/mol. The van der Waals surface area contributed by atoms with Crippen molar-refractivity contribution in [1.29, 1.82) is 0 Å². The molecule has 2 nitrogen and oxygen atoms in total. The molecule has 1 aromatic heterocycles. The van der Waals surface area contributed by atoms with Gasteiger partial charge in [0.15, 0.2) is 0 Å². The number of rotatable bonds is 5. The van der Waals surface area contributed by atoms with Gasteiger partial charge in [0.2, 0.25) is 0 Å². The summed E-state index contributed by atoms with van der Waals surface area (Å²) < 4.78 is 16.0. The molecule has 4 heteroatoms. The summed E-state index contributed by atoms with van der Waals surface area (Å²) in [5.41, 5.74) is 5.47. The Bertz CT molecular complexity index is 1220. The monoisotopic (exact) mass is 414 g/mol. The van der Waals surface area contributed by atoms with Gasteiger partial charge in [-0.3, -0.25) is 4.90 Å². The molecule has 0 bridgehead atoms. The SMILES string of the molecule is Fc1cc(CN2CCC2)ccc1-c1nc2ccc(C3(c4ccccc4)CC3)cc2s1. The van der Waals surface area contributed by atoms with Gasteiger partial charge in [-0.25, -0.2) is 9.37 Å². The highest BCUT2D eigenvalue weighted by Gasteiger charge is 2.45. The molecular formula is C26H23FN2S. The van der Waals surface area contributed by atoms with Crippen molar-refractivity contribution in [3.63, 3.8) is 0 Å². The molecule has 30 heavy (non-hydrogen) atoms. The Morgan fingerprint density at radius 3 is 2.47 bits per heavy atom. The third kappa shape index (κ3) is 3.06. The number of aromatic nitrogens is 1. The number of hydrogen-bond donors (Lipinski definition) is 0. The zero-order valence-electron chi connectivity index (χ0n) is 16.8. The zero-order valence-corrected chi connectivity index (χ0v) is 17.6. The Morgan fingerprint density at radius 1 is 0.933 bits per heavy atom. The van der Waals surface area contributed by atoms with E-state index in [1.54, 1.807) is 17.4 Å². The van der Waals surface area contributed by atoms with Crippen molar-refractivity contribution in [2.75, 3.05) is 13.1 Å². The highest BCUT2D eigenvalue weighted by Crippen LogP contribution is 2.54. The fourth-order valence-electron chi connectivity index (χ4n) is 4.59. The third-order valence-electron chi connectivity index (χ3n) is 6.64. The first-order valence-electron chi connectivity index (χ1n) is 10.7. The maximum atomic E-state index is 14.9. The van der Waals surface area contributed by atoms with Gasteiger partial charge in [0, 0.05) is 17.5 Å². The van der Waals surface area contributed by atoms with Gasteiger partial charge in [-0.1, -0.05) is 42.5 Å². The minimum Gasteiger partial charge on any atom is -0.299 e. The Hall–Kier alpha value is -2.56. The third-order valence-corrected chi connectivity index (χ3v) is 7.69. The highest BCUT2D eigenvalue weighted by atomic mass is 32.1. The molecule has 1 aliphatic carbocycles. The van der Waals surface area contributed by atoms with Crippen molar-refractivity contribution >= 4 is 21.6 Å². The molecule has 0 spiro atoms. The summed E-state index contributed by atoms with van der Waals surface area (Å²) in [6.07, 6.45) is 3.61. The second-order valence-electron chi connectivity index (χ2n) is 8.59. The molecule has 0 atom stereocenters. The molecule has 1 saturated heterocycles. The summed E-state index contributed by atoms with van der Waals surface area (Å²) in [5, 5.41) is 0.764. The Morgan fingerprint density at radius 2 is 1.77 bits per heavy atom. The second kappa shape index (κ2) is 7.00. The summed E-state index contributed by atoms with van der Waals surface area (Å²) >= 11 is 1.59. The predicted octanol–water partition coefficient (Wildman–Crippen LogP) is 6.39. The Labute approximate surface area is 180 Å². The van der Waals surface area contributed by atoms with Crippen LogP contribution in [0.2, 0.25) is 0 Å². The largest absolute Gasteiger partial charge is 0.299 e. The molecule has 3 aromatic carbocycles. The number of likely N-dealkylation sites (tertiary alicyclic amines) is 1. The molecule has 0 N–H and O–H groups in total. The van der Waals surface area contributed by atoms with Crippen LogP contribution in [-0.4, -0.2) is 23.0 Å². The molecule has 150 valence electrons. The van der Waals surface area contributed by atoms with Gasteiger partial charge in [-0.05, 0) is 73.3 Å². The number of fused-ring (bicyclic) bond motifs is 1. The summed E-state index contributed by atoms with van der Waals surface area (Å²) in [5.74, 6) is -0.171. The molecule has 2 heterocycles. The van der Waals surface area contributed by atoms with Crippen LogP contribution in [-0.2, 0) is 12.0 Å². The van der Waals surface area contributed by atoms with Gasteiger partial charge in [-0.2, -0.15) is 0 Å². The highest BCUT2D eigenvalue weighted by molar-refractivity contribution is 7.21. The molecule has 0 unspecified atom stereocenters. The maximum absolute atomic E-state index is 14.9. The van der Waals surface area contributed by atoms with E-state index in [0.29, 0.717) is 5.56 Å². The van der Waals surface area contributed by atoms with Gasteiger partial charge >= 0.3 is 0 Å². The van der Waals surface area contributed by atoms with Gasteiger partial charge in [0.25, 0.3) is 0 Å². The first kappa shape index (κ1) is 18.2. The molecule has 0 radical (unpaired) electrons. The molecule has 2 aliphatic rings. The fraction of sp³-hybridized carbons (Fsp3) is 0.269. The lowest BCUT2D eigenvalue weighted by molar-refractivity contribution is 0.172. The predicted molar refractivity (Wildman–Crippen MR) is 121 cm³/mol. The maximum Gasteiger partial charge on any atom is 0.133 e. The van der Waals surface area contributed by atoms with Crippen LogP contribution >= 0.6 is 11.3 Å². The van der Waals surface area contributed by atoms with Crippen molar-refractivity contribution in [3.05, 3.63) is 89.2 Å². The van der Waals surface area contributed by atoms with Gasteiger partial charge in [0.1, 0.15) is 10.8 Å². The normalized spacial score (nSPS) is 17.8. The van der Waals surface area contributed by atoms with E-state index in [1.807, 2.05) is 12.1 Å². The molecule has 6 rings (SSSR count). The molecule has 1 aliphatic heterocycles. The minimum atomic E-state index is -0.171. The van der Waals surface area contributed by atoms with E-state index in [9.17, 15) is 4.39 Å². The van der Waals surface area contributed by atoms with Crippen molar-refractivity contribution in [3.8, 4) is 10.6 Å². The van der Waals surface area contributed by atoms with E-state index >= 15 is 0 Å². The van der Waals surface area contributed by atoms with Crippen molar-refractivity contribution in [2.24, 2.45) is 0 Å². The van der Waals surface area contributed by atoms with Crippen LogP contribution in [0.25, 0.3) is 20.8 Å². The average molecular weight is 415 g/mol. The number of thiazole rings is 1. The molecule has 2 fully saturated rings. The van der Waals surface area contributed by atoms with Gasteiger partial charge in [-0.15, -0.1) is 11.3 Å². The molecule has 1 saturated carbocycles. The van der Waals surface area contributed by atoms with Gasteiger partial charge < -0.3 is 0 Å². The van der Waals surface area contributed by atoms with E-state index in [0.717, 1.165) is 40.4 Å². The summed E-state index contributed by atoms with van der Waals surface area (Å²) in [7, 11) is 0. The van der Waals surface area contributed by atoms with Crippen molar-refractivity contribution < 1.29 is 4.39 Å². The standard InChI is InChI=1S/C26H23FN2S/c27-22-15-18(17-29-13-4-14-29)7-9-21(22)25-28-23-10-8-20(16-24(23)30-25)26(11-12-26)19-5-2-1-3-6-19/h1-3,5-10,15-16H,4,11-14,17H2. The first-order chi connectivity index (χ1) is 14.7. The lowest BCUT2D eigenvalue weighted by atomic mass is 9.88. The van der Waals surface area contributed by atoms with Crippen LogP contribution in [0.1, 0.15) is 36.0 Å². The minimum absolute atomic E-state index is 0.142. The van der Waals surface area contributed by atoms with Crippen LogP contribution in [0.4, 0.5) is 4.39 Å². The average Bonchev–Trinajstić information content (AvgIpc) is 3.44. The Kier molecular flexibility index (Phi) is 4.25. The summed E-state index contributed by atoms with van der Waals surface area (Å²) in [4.78, 5) is 7.09. The van der Waals surface area contributed by atoms with Crippen molar-refractivity contribution in [1.82, 2.24) is 9.88 Å². The molecule has 4 aromatic rings. The van der Waals surface area contributed by atoms with E-state index in [4.69, 9.17) is 4.98 Å². The van der Waals surface area contributed by atoms with E-state index in [2.05, 4.69) is 53.4 Å². The number of halogens is 1. The van der Waals surface area contributed by atoms with E-state index in [-0.39, 0.29) is 11.2 Å². The van der Waals surface area contributed by atoms with E-state index in [1.165, 1.54) is 30.4 Å². The smallest absolute Gasteiger partial charge is 0.133 e. The first-order valence-corrected chi connectivity index (χ1v) is 11.5. The van der Waals surface area contributed by atoms with Crippen LogP contribution in [0.15, 0.2) is 66.7 Å². The van der Waals surface area contributed by atoms with Crippen LogP contribution in [0, 0.1) is 5.82 Å². The van der Waals surface area contributed by atoms with Crippen LogP contribution in [0.5, 0.6) is 0 Å². The van der Waals surface area contributed by atoms with Crippen LogP contribution in [0.3, 0.4) is 0 Å². The van der Waals surface area contributed by atoms with Crippen molar-refractivity contribution in [2.45, 2.75) is 31.2 Å². The second-order valence-corrected chi connectivity index (χ2v) is 9.62. The Balaban J connectivity index is 1.33. The lowest BCUT2D eigenvalue weighted by Crippen LogP contribution is -2.36. The number of benzene rings is 3. The fourth-order valence-corrected chi connectivity index (χ4v) is 5.62. The number of hydrogen-bond acceptors (Lipinski definition) is 3. The van der Waals surface area contributed by atoms with E-state index < -0.39 is 0 Å². The quantitative estimate of drug-likeness (QED) is 0.376. The number of nitrogens with zero attached hydrogens (tertiary/aromatic N) is 2. The van der Waals surface area contributed by atoms with Gasteiger partial charge in [0.05, 0.1) is 10.2 Å². The summed E-state index contributed by atoms with van der Waals surface area (Å²) in [6.45, 7) is 3.07. The lowest BCUT2D eigenvalue weighted by Gasteiger charge is -2.30.